The van der Waals surface area contributed by atoms with Crippen LogP contribution in [0.5, 0.6) is 0 Å². The van der Waals surface area contributed by atoms with Crippen molar-refractivity contribution in [2.24, 2.45) is 28.1 Å². The van der Waals surface area contributed by atoms with Crippen molar-refractivity contribution >= 4 is 0 Å². The van der Waals surface area contributed by atoms with Crippen LogP contribution in [0.1, 0.15) is 66.2 Å². The molecule has 2 N–H and O–H groups in total. The zero-order valence-electron chi connectivity index (χ0n) is 18.1. The molecular weight excluding hydrogens is 334 g/mol. The number of hydrogen-bond acceptors (Lipinski definition) is 3. The molecule has 3 heteroatoms. The largest absolute Gasteiger partial charge is 0.391 e. The van der Waals surface area contributed by atoms with Crippen LogP contribution in [0, 0.1) is 28.1 Å². The van der Waals surface area contributed by atoms with E-state index in [0.717, 1.165) is 32.1 Å². The minimum absolute atomic E-state index is 0.114. The Balaban J connectivity index is 1.73. The summed E-state index contributed by atoms with van der Waals surface area (Å²) < 4.78 is 0. The molecule has 4 rings (SSSR count). The number of rotatable bonds is 1. The molecule has 152 valence electrons. The van der Waals surface area contributed by atoms with Crippen LogP contribution in [0.2, 0.25) is 0 Å². The zero-order valence-corrected chi connectivity index (χ0v) is 18.1. The van der Waals surface area contributed by atoms with Gasteiger partial charge in [0.05, 0.1) is 12.2 Å². The van der Waals surface area contributed by atoms with Crippen LogP contribution in [0.25, 0.3) is 0 Å². The highest BCUT2D eigenvalue weighted by Crippen LogP contribution is 2.71. The van der Waals surface area contributed by atoms with Gasteiger partial charge in [-0.15, -0.1) is 0 Å². The molecule has 0 amide bonds. The summed E-state index contributed by atoms with van der Waals surface area (Å²) >= 11 is 0. The summed E-state index contributed by atoms with van der Waals surface area (Å²) in [5.74, 6) is 1.22. The number of hydrogen-bond donors (Lipinski definition) is 2. The van der Waals surface area contributed by atoms with E-state index in [-0.39, 0.29) is 34.5 Å². The number of likely N-dealkylation sites (N-methyl/N-ethyl adjacent to an activating group) is 1. The van der Waals surface area contributed by atoms with Crippen LogP contribution in [0.15, 0.2) is 23.3 Å². The van der Waals surface area contributed by atoms with Crippen molar-refractivity contribution in [3.8, 4) is 0 Å². The number of aliphatic hydroxyl groups is 2. The van der Waals surface area contributed by atoms with Gasteiger partial charge in [0.1, 0.15) is 0 Å². The van der Waals surface area contributed by atoms with Gasteiger partial charge in [0.15, 0.2) is 0 Å². The quantitative estimate of drug-likeness (QED) is 0.679. The lowest BCUT2D eigenvalue weighted by Gasteiger charge is -2.62. The second kappa shape index (κ2) is 6.18. The molecule has 8 atom stereocenters. The number of nitrogens with zero attached hydrogens (tertiary/aromatic N) is 1. The lowest BCUT2D eigenvalue weighted by Crippen LogP contribution is -2.57. The molecule has 0 unspecified atom stereocenters. The van der Waals surface area contributed by atoms with E-state index in [1.165, 1.54) is 12.0 Å². The lowest BCUT2D eigenvalue weighted by molar-refractivity contribution is -0.0978. The van der Waals surface area contributed by atoms with E-state index in [2.05, 4.69) is 58.8 Å². The van der Waals surface area contributed by atoms with E-state index in [1.54, 1.807) is 5.57 Å². The van der Waals surface area contributed by atoms with E-state index in [1.807, 2.05) is 0 Å². The Hall–Kier alpha value is -0.640. The summed E-state index contributed by atoms with van der Waals surface area (Å²) in [7, 11) is 4.18. The van der Waals surface area contributed by atoms with E-state index in [4.69, 9.17) is 0 Å². The van der Waals surface area contributed by atoms with Gasteiger partial charge in [-0.25, -0.2) is 0 Å². The predicted octanol–water partition coefficient (Wildman–Crippen LogP) is 4.16. The van der Waals surface area contributed by atoms with Gasteiger partial charge in [-0.3, -0.25) is 0 Å². The number of fused-ring (bicyclic) bond motifs is 5. The van der Waals surface area contributed by atoms with Gasteiger partial charge < -0.3 is 15.1 Å². The van der Waals surface area contributed by atoms with Crippen molar-refractivity contribution in [1.29, 1.82) is 0 Å². The average Bonchev–Trinajstić information content (AvgIpc) is 2.78. The summed E-state index contributed by atoms with van der Waals surface area (Å²) in [4.78, 5) is 2.20. The van der Waals surface area contributed by atoms with Crippen LogP contribution in [-0.4, -0.2) is 47.5 Å². The molecule has 0 aliphatic heterocycles. The summed E-state index contributed by atoms with van der Waals surface area (Å²) in [6, 6.07) is 0.244. The first kappa shape index (κ1) is 19.7. The highest BCUT2D eigenvalue weighted by Gasteiger charge is 2.65. The highest BCUT2D eigenvalue weighted by molar-refractivity contribution is 5.34. The van der Waals surface area contributed by atoms with Crippen LogP contribution in [-0.2, 0) is 0 Å². The molecule has 0 aromatic rings. The second-order valence-corrected chi connectivity index (χ2v) is 10.9. The highest BCUT2D eigenvalue weighted by atomic mass is 16.3. The van der Waals surface area contributed by atoms with E-state index in [0.29, 0.717) is 11.8 Å². The van der Waals surface area contributed by atoms with Crippen molar-refractivity contribution in [3.63, 3.8) is 0 Å². The van der Waals surface area contributed by atoms with Gasteiger partial charge in [-0.05, 0) is 93.2 Å². The molecule has 0 saturated heterocycles. The molecule has 0 aromatic carbocycles. The van der Waals surface area contributed by atoms with Gasteiger partial charge in [-0.2, -0.15) is 0 Å². The Labute approximate surface area is 165 Å². The number of aliphatic hydroxyl groups excluding tert-OH is 2. The van der Waals surface area contributed by atoms with Crippen molar-refractivity contribution in [2.45, 2.75) is 84.5 Å². The first-order chi connectivity index (χ1) is 12.6. The third-order valence-electron chi connectivity index (χ3n) is 9.78. The van der Waals surface area contributed by atoms with Crippen LogP contribution in [0.4, 0.5) is 0 Å². The van der Waals surface area contributed by atoms with Gasteiger partial charge in [0.2, 0.25) is 0 Å². The van der Waals surface area contributed by atoms with E-state index >= 15 is 0 Å². The van der Waals surface area contributed by atoms with Crippen LogP contribution >= 0.6 is 0 Å². The molecule has 0 aromatic heterocycles. The molecule has 0 bridgehead atoms. The molecule has 3 nitrogen and oxygen atoms in total. The molecule has 3 saturated carbocycles. The molecule has 3 fully saturated rings. The average molecular weight is 374 g/mol. The molecule has 4 aliphatic rings. The van der Waals surface area contributed by atoms with Crippen molar-refractivity contribution in [1.82, 2.24) is 4.90 Å². The van der Waals surface area contributed by atoms with Crippen molar-refractivity contribution in [3.05, 3.63) is 23.3 Å². The maximum absolute atomic E-state index is 10.9. The molecule has 0 spiro atoms. The molecule has 0 radical (unpaired) electrons. The summed E-state index contributed by atoms with van der Waals surface area (Å²) in [5.41, 5.74) is 3.24. The summed E-state index contributed by atoms with van der Waals surface area (Å²) in [6.45, 7) is 9.39. The lowest BCUT2D eigenvalue weighted by atomic mass is 9.43. The number of allylic oxidation sites excluding steroid dienone is 2. The Morgan fingerprint density at radius 3 is 2.44 bits per heavy atom. The first-order valence-electron chi connectivity index (χ1n) is 11.0. The minimum atomic E-state index is -0.281. The SMILES string of the molecule is C/C=C1\[C@H](O)C[C@@]2(C)[C@@H]3CC=C4C[C@@H](N(C)C)[C@H](O)C[C@]4(C)[C@H]3CC[C@]12C. The molecule has 27 heavy (non-hydrogen) atoms. The third-order valence-corrected chi connectivity index (χ3v) is 9.78. The fourth-order valence-electron chi connectivity index (χ4n) is 8.01. The standard InChI is InChI=1S/C24H39NO2/c1-7-16-20(26)14-24(4)18-9-8-15-12-19(25(5)6)21(27)13-22(15,2)17(18)10-11-23(16,24)3/h7-8,17-21,26-27H,9-14H2,1-6H3/b16-7+/t17-,18+,19+,20+,21+,22-,23+,24-/m0/s1. The van der Waals surface area contributed by atoms with Crippen molar-refractivity contribution in [2.75, 3.05) is 14.1 Å². The molecular formula is C24H39NO2. The third kappa shape index (κ3) is 2.44. The monoisotopic (exact) mass is 373 g/mol. The molecule has 4 aliphatic carbocycles. The maximum Gasteiger partial charge on any atom is 0.0761 e. The van der Waals surface area contributed by atoms with Crippen LogP contribution < -0.4 is 0 Å². The van der Waals surface area contributed by atoms with Gasteiger partial charge >= 0.3 is 0 Å². The second-order valence-electron chi connectivity index (χ2n) is 10.9. The smallest absolute Gasteiger partial charge is 0.0761 e. The summed E-state index contributed by atoms with van der Waals surface area (Å²) in [5, 5.41) is 21.8. The maximum atomic E-state index is 10.9. The summed E-state index contributed by atoms with van der Waals surface area (Å²) in [6.07, 6.45) is 10.5. The normalized spacial score (nSPS) is 53.7. The Morgan fingerprint density at radius 1 is 1.11 bits per heavy atom. The fourth-order valence-corrected chi connectivity index (χ4v) is 8.01. The van der Waals surface area contributed by atoms with E-state index in [9.17, 15) is 10.2 Å². The minimum Gasteiger partial charge on any atom is -0.391 e. The molecule has 0 heterocycles. The first-order valence-corrected chi connectivity index (χ1v) is 11.0. The van der Waals surface area contributed by atoms with Gasteiger partial charge in [-0.1, -0.05) is 38.5 Å². The fraction of sp³-hybridized carbons (Fsp3) is 0.833. The predicted molar refractivity (Wildman–Crippen MR) is 110 cm³/mol. The Bertz CT molecular complexity index is 682. The van der Waals surface area contributed by atoms with E-state index < -0.39 is 0 Å². The van der Waals surface area contributed by atoms with Gasteiger partial charge in [0.25, 0.3) is 0 Å². The Morgan fingerprint density at radius 2 is 1.81 bits per heavy atom. The zero-order chi connectivity index (χ0) is 19.8. The Kier molecular flexibility index (Phi) is 4.50. The van der Waals surface area contributed by atoms with Crippen molar-refractivity contribution < 1.29 is 10.2 Å². The van der Waals surface area contributed by atoms with Gasteiger partial charge in [0, 0.05) is 6.04 Å². The van der Waals surface area contributed by atoms with Crippen LogP contribution in [0.3, 0.4) is 0 Å². The topological polar surface area (TPSA) is 43.7 Å².